The first-order valence-corrected chi connectivity index (χ1v) is 8.09. The van der Waals surface area contributed by atoms with Gasteiger partial charge >= 0.3 is 5.97 Å². The van der Waals surface area contributed by atoms with Gasteiger partial charge in [-0.05, 0) is 32.1 Å². The summed E-state index contributed by atoms with van der Waals surface area (Å²) in [6.45, 7) is 0.226. The quantitative estimate of drug-likeness (QED) is 0.455. The van der Waals surface area contributed by atoms with Gasteiger partial charge in [0.1, 0.15) is 11.5 Å². The molecule has 4 fully saturated rings. The molecule has 20 heavy (non-hydrogen) atoms. The third-order valence-electron chi connectivity index (χ3n) is 5.00. The summed E-state index contributed by atoms with van der Waals surface area (Å²) in [4.78, 5) is 10.9. The summed E-state index contributed by atoms with van der Waals surface area (Å²) in [6.07, 6.45) is 5.67. The Morgan fingerprint density at radius 2 is 1.70 bits per heavy atom. The van der Waals surface area contributed by atoms with Gasteiger partial charge in [-0.3, -0.25) is 4.79 Å². The van der Waals surface area contributed by atoms with Crippen LogP contribution in [0.3, 0.4) is 0 Å². The zero-order valence-corrected chi connectivity index (χ0v) is 12.7. The van der Waals surface area contributed by atoms with E-state index >= 15 is 0 Å². The van der Waals surface area contributed by atoms with E-state index in [0.717, 1.165) is 25.7 Å². The number of hydrogen-bond acceptors (Lipinski definition) is 4. The van der Waals surface area contributed by atoms with Crippen molar-refractivity contribution in [3.63, 3.8) is 0 Å². The Morgan fingerprint density at radius 1 is 1.05 bits per heavy atom. The predicted octanol–water partition coefficient (Wildman–Crippen LogP) is 2.39. The average Bonchev–Trinajstić information content (AvgIpc) is 3.29. The third kappa shape index (κ3) is 2.45. The van der Waals surface area contributed by atoms with Gasteiger partial charge < -0.3 is 14.2 Å². The summed E-state index contributed by atoms with van der Waals surface area (Å²) >= 11 is 13.0. The van der Waals surface area contributed by atoms with Crippen molar-refractivity contribution in [2.75, 3.05) is 6.61 Å². The highest BCUT2D eigenvalue weighted by Gasteiger charge is 2.55. The van der Waals surface area contributed by atoms with Gasteiger partial charge in [0, 0.05) is 6.42 Å². The lowest BCUT2D eigenvalue weighted by Crippen LogP contribution is -2.42. The molecule has 6 heteroatoms. The van der Waals surface area contributed by atoms with Crippen LogP contribution in [-0.4, -0.2) is 46.7 Å². The number of fused-ring (bicyclic) bond motifs is 2. The number of alkyl halides is 2. The number of halogens is 2. The molecule has 0 radical (unpaired) electrons. The molecule has 0 aromatic rings. The monoisotopic (exact) mass is 320 g/mol. The van der Waals surface area contributed by atoms with Crippen molar-refractivity contribution >= 4 is 29.2 Å². The zero-order chi connectivity index (χ0) is 14.0. The topological polar surface area (TPSA) is 51.4 Å². The number of esters is 1. The molecule has 0 spiro atoms. The Labute approximate surface area is 128 Å². The summed E-state index contributed by atoms with van der Waals surface area (Å²) in [7, 11) is 0. The fraction of sp³-hybridized carbons (Fsp3) is 0.929. The maximum atomic E-state index is 12.3. The van der Waals surface area contributed by atoms with E-state index in [2.05, 4.69) is 0 Å². The van der Waals surface area contributed by atoms with Gasteiger partial charge in [0.2, 0.25) is 0 Å². The zero-order valence-electron chi connectivity index (χ0n) is 11.1. The molecule has 6 unspecified atom stereocenters. The van der Waals surface area contributed by atoms with Crippen LogP contribution in [-0.2, 0) is 19.0 Å². The van der Waals surface area contributed by atoms with E-state index in [4.69, 9.17) is 37.4 Å². The minimum atomic E-state index is -0.918. The van der Waals surface area contributed by atoms with Crippen LogP contribution in [0, 0.1) is 0 Å². The second kappa shape index (κ2) is 4.48. The molecule has 4 nitrogen and oxygen atoms in total. The van der Waals surface area contributed by atoms with Crippen LogP contribution in [0.1, 0.15) is 38.5 Å². The molecule has 0 amide bonds. The van der Waals surface area contributed by atoms with Crippen LogP contribution in [0.4, 0.5) is 0 Å². The molecule has 0 aromatic carbocycles. The molecule has 4 rings (SSSR count). The Balaban J connectivity index is 1.33. The molecular formula is C14H18Cl2O4. The van der Waals surface area contributed by atoms with E-state index in [1.165, 1.54) is 0 Å². The lowest BCUT2D eigenvalue weighted by molar-refractivity contribution is -0.149. The fourth-order valence-electron chi connectivity index (χ4n) is 3.52. The van der Waals surface area contributed by atoms with E-state index < -0.39 is 9.75 Å². The Kier molecular flexibility index (Phi) is 3.05. The van der Waals surface area contributed by atoms with Crippen LogP contribution in [0.25, 0.3) is 0 Å². The predicted molar refractivity (Wildman–Crippen MR) is 73.2 cm³/mol. The molecule has 2 saturated carbocycles. The average molecular weight is 321 g/mol. The molecule has 6 atom stereocenters. The van der Waals surface area contributed by atoms with E-state index in [1.807, 2.05) is 0 Å². The number of carbonyl (C=O) groups is 1. The molecule has 2 aliphatic carbocycles. The lowest BCUT2D eigenvalue weighted by Gasteiger charge is -2.31. The molecule has 2 saturated heterocycles. The molecule has 2 aliphatic heterocycles. The van der Waals surface area contributed by atoms with Crippen molar-refractivity contribution in [1.82, 2.24) is 0 Å². The SMILES string of the molecule is O=C(OCC1(Cl)CCC2OC2C1)C1(Cl)CCC2OC2C1. The fourth-order valence-corrected chi connectivity index (χ4v) is 4.15. The van der Waals surface area contributed by atoms with Gasteiger partial charge in [0.25, 0.3) is 0 Å². The van der Waals surface area contributed by atoms with Crippen LogP contribution < -0.4 is 0 Å². The first kappa shape index (κ1) is 13.6. The second-order valence-corrected chi connectivity index (χ2v) is 8.13. The van der Waals surface area contributed by atoms with Crippen LogP contribution in [0.15, 0.2) is 0 Å². The second-order valence-electron chi connectivity index (χ2n) is 6.60. The smallest absolute Gasteiger partial charge is 0.327 e. The maximum absolute atomic E-state index is 12.3. The van der Waals surface area contributed by atoms with Crippen molar-refractivity contribution in [3.05, 3.63) is 0 Å². The maximum Gasteiger partial charge on any atom is 0.327 e. The number of hydrogen-bond donors (Lipinski definition) is 0. The standard InChI is InChI=1S/C14H18Cl2O4/c15-13(3-1-8-10(5-13)19-8)7-18-12(17)14(16)4-2-9-11(6-14)20-9/h8-11H,1-7H2. The van der Waals surface area contributed by atoms with Gasteiger partial charge in [-0.2, -0.15) is 0 Å². The van der Waals surface area contributed by atoms with Crippen LogP contribution in [0.2, 0.25) is 0 Å². The van der Waals surface area contributed by atoms with Gasteiger partial charge in [0.15, 0.2) is 0 Å². The summed E-state index contributed by atoms with van der Waals surface area (Å²) < 4.78 is 16.3. The van der Waals surface area contributed by atoms with E-state index in [9.17, 15) is 4.79 Å². The minimum Gasteiger partial charge on any atom is -0.463 e. The van der Waals surface area contributed by atoms with E-state index in [-0.39, 0.29) is 24.8 Å². The Hall–Kier alpha value is -0.0300. The normalized spacial score (nSPS) is 52.7. The summed E-state index contributed by atoms with van der Waals surface area (Å²) in [5.74, 6) is -0.341. The van der Waals surface area contributed by atoms with Crippen molar-refractivity contribution in [2.45, 2.75) is 72.7 Å². The highest BCUT2D eigenvalue weighted by molar-refractivity contribution is 6.34. The Bertz CT molecular complexity index is 445. The van der Waals surface area contributed by atoms with Gasteiger partial charge in [0.05, 0.1) is 29.3 Å². The number of epoxide rings is 2. The lowest BCUT2D eigenvalue weighted by atomic mass is 9.87. The number of rotatable bonds is 3. The molecule has 112 valence electrons. The molecule has 2 heterocycles. The van der Waals surface area contributed by atoms with Crippen molar-refractivity contribution in [2.24, 2.45) is 0 Å². The molecular weight excluding hydrogens is 303 g/mol. The van der Waals surface area contributed by atoms with Gasteiger partial charge in [-0.1, -0.05) is 0 Å². The van der Waals surface area contributed by atoms with Crippen LogP contribution in [0.5, 0.6) is 0 Å². The van der Waals surface area contributed by atoms with Gasteiger partial charge in [-0.25, -0.2) is 0 Å². The Morgan fingerprint density at radius 3 is 2.35 bits per heavy atom. The summed E-state index contributed by atoms with van der Waals surface area (Å²) in [5, 5.41) is 0. The van der Waals surface area contributed by atoms with Crippen LogP contribution >= 0.6 is 23.2 Å². The van der Waals surface area contributed by atoms with Crippen molar-refractivity contribution in [3.8, 4) is 0 Å². The first-order valence-electron chi connectivity index (χ1n) is 7.34. The van der Waals surface area contributed by atoms with Crippen molar-refractivity contribution in [1.29, 1.82) is 0 Å². The largest absolute Gasteiger partial charge is 0.463 e. The van der Waals surface area contributed by atoms with E-state index in [0.29, 0.717) is 25.0 Å². The van der Waals surface area contributed by atoms with E-state index in [1.54, 1.807) is 0 Å². The molecule has 0 aromatic heterocycles. The van der Waals surface area contributed by atoms with Gasteiger partial charge in [-0.15, -0.1) is 23.2 Å². The van der Waals surface area contributed by atoms with Crippen molar-refractivity contribution < 1.29 is 19.0 Å². The highest BCUT2D eigenvalue weighted by Crippen LogP contribution is 2.47. The third-order valence-corrected chi connectivity index (χ3v) is 5.95. The highest BCUT2D eigenvalue weighted by atomic mass is 35.5. The minimum absolute atomic E-state index is 0.147. The molecule has 0 bridgehead atoms. The number of ether oxygens (including phenoxy) is 3. The summed E-state index contributed by atoms with van der Waals surface area (Å²) in [5.41, 5.74) is 0. The summed E-state index contributed by atoms with van der Waals surface area (Å²) in [6, 6.07) is 0. The molecule has 0 N–H and O–H groups in total. The number of carbonyl (C=O) groups excluding carboxylic acids is 1. The first-order chi connectivity index (χ1) is 9.47. The molecule has 4 aliphatic rings.